The monoisotopic (exact) mass is 442 g/mol. The van der Waals surface area contributed by atoms with E-state index in [1.807, 2.05) is 48.5 Å². The number of ether oxygens (including phenoxy) is 1. The van der Waals surface area contributed by atoms with Gasteiger partial charge in [-0.2, -0.15) is 0 Å². The molecule has 33 heavy (non-hydrogen) atoms. The van der Waals surface area contributed by atoms with Crippen LogP contribution < -0.4 is 25.8 Å². The second-order valence-corrected chi connectivity index (χ2v) is 7.88. The minimum Gasteiger partial charge on any atom is -0.502 e. The maximum Gasteiger partial charge on any atom is 0.271 e. The summed E-state index contributed by atoms with van der Waals surface area (Å²) in [5, 5.41) is 12.6. The van der Waals surface area contributed by atoms with Crippen LogP contribution in [0.1, 0.15) is 24.8 Å². The summed E-state index contributed by atoms with van der Waals surface area (Å²) in [5.41, 5.74) is 2.16. The van der Waals surface area contributed by atoms with Crippen LogP contribution in [0.15, 0.2) is 88.5 Å². The molecule has 4 rings (SSSR count). The molecule has 0 amide bonds. The fraction of sp³-hybridized carbons (Fsp3) is 0.185. The predicted molar refractivity (Wildman–Crippen MR) is 132 cm³/mol. The number of aromatic hydroxyl groups is 1. The highest BCUT2D eigenvalue weighted by molar-refractivity contribution is 5.74. The Hall–Kier alpha value is -4.06. The molecule has 0 spiro atoms. The van der Waals surface area contributed by atoms with E-state index in [-0.39, 0.29) is 5.69 Å². The molecule has 168 valence electrons. The Bertz CT molecular complexity index is 1290. The first-order valence-electron chi connectivity index (χ1n) is 10.9. The lowest BCUT2D eigenvalue weighted by molar-refractivity contribution is 0.415. The summed E-state index contributed by atoms with van der Waals surface area (Å²) in [6.07, 6.45) is 0.964. The van der Waals surface area contributed by atoms with Crippen molar-refractivity contribution in [2.45, 2.75) is 19.3 Å². The van der Waals surface area contributed by atoms with Crippen molar-refractivity contribution in [2.24, 2.45) is 0 Å². The molecule has 0 fully saturated rings. The lowest BCUT2D eigenvalue weighted by atomic mass is 9.95. The number of nitrogens with one attached hydrogen (secondary N) is 1. The average Bonchev–Trinajstić information content (AvgIpc) is 2.88. The van der Waals surface area contributed by atoms with Gasteiger partial charge in [0.25, 0.3) is 10.9 Å². The quantitative estimate of drug-likeness (QED) is 0.352. The maximum absolute atomic E-state index is 11.8. The summed E-state index contributed by atoms with van der Waals surface area (Å²) in [6, 6.07) is 25.9. The van der Waals surface area contributed by atoms with Gasteiger partial charge >= 0.3 is 0 Å². The first-order chi connectivity index (χ1) is 16.0. The van der Waals surface area contributed by atoms with Crippen molar-refractivity contribution in [3.63, 3.8) is 0 Å². The zero-order valence-corrected chi connectivity index (χ0v) is 18.6. The van der Waals surface area contributed by atoms with Crippen LogP contribution in [0.25, 0.3) is 0 Å². The van der Waals surface area contributed by atoms with Gasteiger partial charge in [0, 0.05) is 29.5 Å². The van der Waals surface area contributed by atoms with Crippen molar-refractivity contribution in [2.75, 3.05) is 23.9 Å². The van der Waals surface area contributed by atoms with Crippen LogP contribution in [0.2, 0.25) is 0 Å². The van der Waals surface area contributed by atoms with E-state index in [0.717, 1.165) is 30.1 Å². The maximum atomic E-state index is 11.8. The van der Waals surface area contributed by atoms with E-state index >= 15 is 0 Å². The van der Waals surface area contributed by atoms with Crippen LogP contribution in [-0.2, 0) is 0 Å². The molecule has 0 aromatic heterocycles. The first kappa shape index (κ1) is 22.1. The summed E-state index contributed by atoms with van der Waals surface area (Å²) in [6.45, 7) is 2.91. The van der Waals surface area contributed by atoms with E-state index in [0.29, 0.717) is 11.6 Å². The number of hydrogen-bond acceptors (Lipinski definition) is 6. The van der Waals surface area contributed by atoms with Gasteiger partial charge in [-0.15, -0.1) is 0 Å². The number of methoxy groups -OCH3 is 1. The van der Waals surface area contributed by atoms with Gasteiger partial charge in [-0.05, 0) is 54.4 Å². The predicted octanol–water partition coefficient (Wildman–Crippen LogP) is 5.07. The molecule has 0 saturated heterocycles. The Morgan fingerprint density at radius 2 is 1.64 bits per heavy atom. The van der Waals surface area contributed by atoms with E-state index in [4.69, 9.17) is 4.74 Å². The molecule has 2 N–H and O–H groups in total. The Kier molecular flexibility index (Phi) is 6.45. The van der Waals surface area contributed by atoms with Crippen LogP contribution in [0, 0.1) is 0 Å². The number of hydrogen-bond donors (Lipinski definition) is 2. The molecule has 0 radical (unpaired) electrons. The molecule has 6 heteroatoms. The summed E-state index contributed by atoms with van der Waals surface area (Å²) in [4.78, 5) is 25.3. The zero-order valence-electron chi connectivity index (χ0n) is 18.6. The fourth-order valence-corrected chi connectivity index (χ4v) is 3.93. The highest BCUT2D eigenvalue weighted by Crippen LogP contribution is 2.33. The molecule has 1 atom stereocenters. The zero-order chi connectivity index (χ0) is 23.4. The van der Waals surface area contributed by atoms with Crippen LogP contribution in [0.4, 0.5) is 22.7 Å². The number of rotatable bonds is 9. The van der Waals surface area contributed by atoms with Crippen molar-refractivity contribution in [1.29, 1.82) is 0 Å². The van der Waals surface area contributed by atoms with Gasteiger partial charge in [-0.3, -0.25) is 9.59 Å². The Morgan fingerprint density at radius 3 is 2.27 bits per heavy atom. The van der Waals surface area contributed by atoms with Gasteiger partial charge < -0.3 is 20.1 Å². The van der Waals surface area contributed by atoms with Crippen LogP contribution in [-0.4, -0.2) is 18.8 Å². The second kappa shape index (κ2) is 9.61. The highest BCUT2D eigenvalue weighted by Gasteiger charge is 2.21. The molecule has 6 nitrogen and oxygen atoms in total. The molecule has 0 heterocycles. The van der Waals surface area contributed by atoms with E-state index in [2.05, 4.69) is 41.4 Å². The Balaban J connectivity index is 1.69. The Labute approximate surface area is 192 Å². The van der Waals surface area contributed by atoms with Gasteiger partial charge in [0.1, 0.15) is 11.4 Å². The third-order valence-electron chi connectivity index (χ3n) is 5.86. The van der Waals surface area contributed by atoms with Crippen LogP contribution >= 0.6 is 0 Å². The third kappa shape index (κ3) is 4.60. The van der Waals surface area contributed by atoms with Crippen molar-refractivity contribution in [3.8, 4) is 11.5 Å². The minimum atomic E-state index is -0.859. The third-order valence-corrected chi connectivity index (χ3v) is 5.86. The molecule has 4 aromatic carbocycles. The SMILES string of the molecule is CCC(CN(c1ccc(OC)cc1)c1cccc(Nc2c(O)c(=O)c2=O)c1)c1ccccc1. The molecule has 0 saturated carbocycles. The average molecular weight is 443 g/mol. The molecule has 1 unspecified atom stereocenters. The molecule has 0 aliphatic heterocycles. The summed E-state index contributed by atoms with van der Waals surface area (Å²) < 4.78 is 5.32. The molecule has 0 bridgehead atoms. The molecular formula is C27H26N2O4. The normalized spacial score (nSPS) is 11.8. The van der Waals surface area contributed by atoms with Gasteiger partial charge in [-0.1, -0.05) is 43.3 Å². The number of nitrogens with zero attached hydrogens (tertiary/aromatic N) is 1. The highest BCUT2D eigenvalue weighted by atomic mass is 16.5. The van der Waals surface area contributed by atoms with E-state index in [9.17, 15) is 14.7 Å². The van der Waals surface area contributed by atoms with Gasteiger partial charge in [0.2, 0.25) is 0 Å². The van der Waals surface area contributed by atoms with E-state index in [1.54, 1.807) is 13.2 Å². The van der Waals surface area contributed by atoms with Gasteiger partial charge in [-0.25, -0.2) is 0 Å². The molecule has 4 aromatic rings. The molecule has 0 aliphatic rings. The van der Waals surface area contributed by atoms with E-state index in [1.165, 1.54) is 5.56 Å². The van der Waals surface area contributed by atoms with Crippen molar-refractivity contribution < 1.29 is 9.84 Å². The smallest absolute Gasteiger partial charge is 0.271 e. The van der Waals surface area contributed by atoms with E-state index < -0.39 is 16.6 Å². The summed E-state index contributed by atoms with van der Waals surface area (Å²) in [7, 11) is 1.64. The lowest BCUT2D eigenvalue weighted by Crippen LogP contribution is -2.32. The first-order valence-corrected chi connectivity index (χ1v) is 10.9. The Morgan fingerprint density at radius 1 is 0.909 bits per heavy atom. The topological polar surface area (TPSA) is 78.9 Å². The van der Waals surface area contributed by atoms with Crippen LogP contribution in [0.3, 0.4) is 0 Å². The number of benzene rings is 3. The molecule has 0 aliphatic carbocycles. The van der Waals surface area contributed by atoms with Gasteiger partial charge in [0.15, 0.2) is 5.75 Å². The molecular weight excluding hydrogens is 416 g/mol. The van der Waals surface area contributed by atoms with Crippen molar-refractivity contribution >= 4 is 22.7 Å². The minimum absolute atomic E-state index is 0.0659. The van der Waals surface area contributed by atoms with Crippen LogP contribution in [0.5, 0.6) is 11.5 Å². The largest absolute Gasteiger partial charge is 0.502 e. The number of anilines is 4. The van der Waals surface area contributed by atoms with Crippen molar-refractivity contribution in [1.82, 2.24) is 0 Å². The summed E-state index contributed by atoms with van der Waals surface area (Å²) >= 11 is 0. The lowest BCUT2D eigenvalue weighted by Gasteiger charge is -2.30. The second-order valence-electron chi connectivity index (χ2n) is 7.88. The van der Waals surface area contributed by atoms with Crippen molar-refractivity contribution in [3.05, 3.63) is 105 Å². The fourth-order valence-electron chi connectivity index (χ4n) is 3.93. The standard InChI is InChI=1S/C27H26N2O4/c1-3-18(19-8-5-4-6-9-19)17-29(21-12-14-23(33-2)15-13-21)22-11-7-10-20(16-22)28-24-25(30)27(32)26(24)31/h4-16,18,28,30H,3,17H2,1-2H3. The summed E-state index contributed by atoms with van der Waals surface area (Å²) in [5.74, 6) is 0.551. The van der Waals surface area contributed by atoms with Gasteiger partial charge in [0.05, 0.1) is 7.11 Å².